The number of hydrogen-bond acceptors (Lipinski definition) is 0. The monoisotopic (exact) mass is 228 g/mol. The van der Waals surface area contributed by atoms with Crippen LogP contribution in [0.4, 0.5) is 0 Å². The van der Waals surface area contributed by atoms with Crippen LogP contribution in [0.5, 0.6) is 0 Å². The fourth-order valence-corrected chi connectivity index (χ4v) is 2.74. The Morgan fingerprint density at radius 1 is 1.07 bits per heavy atom. The molecule has 2 rings (SSSR count). The van der Waals surface area contributed by atoms with Crippen molar-refractivity contribution in [2.75, 3.05) is 0 Å². The molecule has 0 aromatic heterocycles. The first-order chi connectivity index (χ1) is 6.71. The molecular formula is C12H14Cl2. The van der Waals surface area contributed by atoms with E-state index in [-0.39, 0.29) is 4.87 Å². The molecule has 2 heteroatoms. The van der Waals surface area contributed by atoms with Gasteiger partial charge in [0.15, 0.2) is 0 Å². The van der Waals surface area contributed by atoms with Crippen LogP contribution in [0.2, 0.25) is 5.02 Å². The van der Waals surface area contributed by atoms with Crippen molar-refractivity contribution in [1.82, 2.24) is 0 Å². The van der Waals surface area contributed by atoms with E-state index >= 15 is 0 Å². The average Bonchev–Trinajstić information content (AvgIpc) is 2.19. The zero-order valence-electron chi connectivity index (χ0n) is 8.10. The highest BCUT2D eigenvalue weighted by atomic mass is 35.5. The molecule has 0 atom stereocenters. The van der Waals surface area contributed by atoms with E-state index in [0.717, 1.165) is 17.9 Å². The molecule has 0 bridgehead atoms. The first-order valence-electron chi connectivity index (χ1n) is 5.16. The van der Waals surface area contributed by atoms with Gasteiger partial charge in [0.1, 0.15) is 0 Å². The fraction of sp³-hybridized carbons (Fsp3) is 0.500. The summed E-state index contributed by atoms with van der Waals surface area (Å²) in [5, 5.41) is 0.785. The van der Waals surface area contributed by atoms with Gasteiger partial charge in [-0.25, -0.2) is 0 Å². The maximum Gasteiger partial charge on any atom is 0.0695 e. The Kier molecular flexibility index (Phi) is 3.04. The summed E-state index contributed by atoms with van der Waals surface area (Å²) in [6.45, 7) is 0. The molecule has 1 aromatic rings. The van der Waals surface area contributed by atoms with Crippen LogP contribution < -0.4 is 0 Å². The van der Waals surface area contributed by atoms with Gasteiger partial charge >= 0.3 is 0 Å². The summed E-state index contributed by atoms with van der Waals surface area (Å²) in [5.74, 6) is 0. The molecule has 0 aliphatic heterocycles. The molecule has 14 heavy (non-hydrogen) atoms. The topological polar surface area (TPSA) is 0 Å². The maximum absolute atomic E-state index is 6.61. The summed E-state index contributed by atoms with van der Waals surface area (Å²) in [6, 6.07) is 7.97. The Bertz CT molecular complexity index is 314. The van der Waals surface area contributed by atoms with E-state index in [4.69, 9.17) is 23.2 Å². The van der Waals surface area contributed by atoms with E-state index in [9.17, 15) is 0 Å². The Morgan fingerprint density at radius 3 is 2.43 bits per heavy atom. The summed E-state index contributed by atoms with van der Waals surface area (Å²) in [6.07, 6.45) is 5.94. The van der Waals surface area contributed by atoms with Gasteiger partial charge in [0.25, 0.3) is 0 Å². The molecule has 0 N–H and O–H groups in total. The zero-order valence-corrected chi connectivity index (χ0v) is 9.61. The summed E-state index contributed by atoms with van der Waals surface area (Å²) in [5.41, 5.74) is 1.19. The van der Waals surface area contributed by atoms with E-state index < -0.39 is 0 Å². The van der Waals surface area contributed by atoms with Crippen molar-refractivity contribution in [3.8, 4) is 0 Å². The average molecular weight is 229 g/mol. The fourth-order valence-electron chi connectivity index (χ4n) is 2.17. The third-order valence-corrected chi connectivity index (χ3v) is 3.82. The smallest absolute Gasteiger partial charge is 0.0695 e. The van der Waals surface area contributed by atoms with Gasteiger partial charge in [-0.1, -0.05) is 43.0 Å². The summed E-state index contributed by atoms with van der Waals surface area (Å²) >= 11 is 12.6. The second kappa shape index (κ2) is 4.12. The molecule has 0 unspecified atom stereocenters. The summed E-state index contributed by atoms with van der Waals surface area (Å²) in [7, 11) is 0. The van der Waals surface area contributed by atoms with Gasteiger partial charge in [0.05, 0.1) is 4.87 Å². The van der Waals surface area contributed by atoms with Gasteiger partial charge in [-0.3, -0.25) is 0 Å². The molecule has 76 valence electrons. The first kappa shape index (κ1) is 10.3. The number of halogens is 2. The second-order valence-corrected chi connectivity index (χ2v) is 5.20. The number of hydrogen-bond donors (Lipinski definition) is 0. The minimum Gasteiger partial charge on any atom is -0.114 e. The lowest BCUT2D eigenvalue weighted by molar-refractivity contribution is 0.399. The predicted molar refractivity (Wildman–Crippen MR) is 62.1 cm³/mol. The highest BCUT2D eigenvalue weighted by Crippen LogP contribution is 2.43. The Hall–Kier alpha value is -0.200. The Balaban J connectivity index is 2.28. The van der Waals surface area contributed by atoms with Gasteiger partial charge in [-0.2, -0.15) is 0 Å². The van der Waals surface area contributed by atoms with Crippen LogP contribution in [0.3, 0.4) is 0 Å². The standard InChI is InChI=1S/C12H14Cl2/c13-11-6-4-5-10(9-11)12(14)7-2-1-3-8-12/h4-6,9H,1-3,7-8H2. The first-order valence-corrected chi connectivity index (χ1v) is 5.91. The van der Waals surface area contributed by atoms with Crippen molar-refractivity contribution in [3.63, 3.8) is 0 Å². The van der Waals surface area contributed by atoms with Crippen LogP contribution >= 0.6 is 23.2 Å². The molecule has 0 nitrogen and oxygen atoms in total. The molecule has 1 saturated carbocycles. The predicted octanol–water partition coefficient (Wildman–Crippen LogP) is 4.74. The Labute approximate surface area is 95.2 Å². The molecule has 0 radical (unpaired) electrons. The summed E-state index contributed by atoms with van der Waals surface area (Å²) < 4.78 is 0. The van der Waals surface area contributed by atoms with Crippen molar-refractivity contribution in [2.24, 2.45) is 0 Å². The number of alkyl halides is 1. The van der Waals surface area contributed by atoms with Crippen molar-refractivity contribution in [3.05, 3.63) is 34.9 Å². The van der Waals surface area contributed by atoms with E-state index in [1.165, 1.54) is 24.8 Å². The minimum absolute atomic E-state index is 0.150. The van der Waals surface area contributed by atoms with Crippen LogP contribution in [-0.2, 0) is 4.87 Å². The van der Waals surface area contributed by atoms with E-state index in [1.54, 1.807) is 0 Å². The van der Waals surface area contributed by atoms with Crippen LogP contribution in [0.1, 0.15) is 37.7 Å². The van der Waals surface area contributed by atoms with Crippen molar-refractivity contribution >= 4 is 23.2 Å². The van der Waals surface area contributed by atoms with Crippen molar-refractivity contribution < 1.29 is 0 Å². The zero-order chi connectivity index (χ0) is 10.0. The number of benzene rings is 1. The lowest BCUT2D eigenvalue weighted by Gasteiger charge is -2.31. The van der Waals surface area contributed by atoms with E-state index in [1.807, 2.05) is 18.2 Å². The molecule has 1 aliphatic rings. The molecule has 1 aliphatic carbocycles. The van der Waals surface area contributed by atoms with Crippen molar-refractivity contribution in [1.29, 1.82) is 0 Å². The van der Waals surface area contributed by atoms with Crippen molar-refractivity contribution in [2.45, 2.75) is 37.0 Å². The molecule has 1 fully saturated rings. The lowest BCUT2D eigenvalue weighted by atomic mass is 9.83. The van der Waals surface area contributed by atoms with Gasteiger partial charge in [0.2, 0.25) is 0 Å². The second-order valence-electron chi connectivity index (χ2n) is 4.04. The van der Waals surface area contributed by atoms with Crippen LogP contribution in [0.25, 0.3) is 0 Å². The van der Waals surface area contributed by atoms with Crippen LogP contribution in [-0.4, -0.2) is 0 Å². The normalized spacial score (nSPS) is 20.7. The quantitative estimate of drug-likeness (QED) is 0.610. The number of rotatable bonds is 1. The summed E-state index contributed by atoms with van der Waals surface area (Å²) in [4.78, 5) is -0.150. The molecule has 0 saturated heterocycles. The third-order valence-electron chi connectivity index (χ3n) is 2.99. The third kappa shape index (κ3) is 2.07. The van der Waals surface area contributed by atoms with Gasteiger partial charge in [-0.05, 0) is 30.5 Å². The van der Waals surface area contributed by atoms with Crippen LogP contribution in [0.15, 0.2) is 24.3 Å². The van der Waals surface area contributed by atoms with Crippen LogP contribution in [0, 0.1) is 0 Å². The lowest BCUT2D eigenvalue weighted by Crippen LogP contribution is -2.21. The molecular weight excluding hydrogens is 215 g/mol. The van der Waals surface area contributed by atoms with Gasteiger partial charge in [0, 0.05) is 5.02 Å². The SMILES string of the molecule is Clc1cccc(C2(Cl)CCCCC2)c1. The highest BCUT2D eigenvalue weighted by molar-refractivity contribution is 6.31. The van der Waals surface area contributed by atoms with Gasteiger partial charge < -0.3 is 0 Å². The largest absolute Gasteiger partial charge is 0.114 e. The van der Waals surface area contributed by atoms with E-state index in [0.29, 0.717) is 0 Å². The molecule has 0 heterocycles. The van der Waals surface area contributed by atoms with Gasteiger partial charge in [-0.15, -0.1) is 11.6 Å². The molecule has 0 spiro atoms. The Morgan fingerprint density at radius 2 is 1.79 bits per heavy atom. The highest BCUT2D eigenvalue weighted by Gasteiger charge is 2.31. The maximum atomic E-state index is 6.61. The molecule has 0 amide bonds. The molecule has 1 aromatic carbocycles. The minimum atomic E-state index is -0.150. The van der Waals surface area contributed by atoms with E-state index in [2.05, 4.69) is 6.07 Å².